The van der Waals surface area contributed by atoms with Crippen molar-refractivity contribution in [2.75, 3.05) is 0 Å². The Morgan fingerprint density at radius 1 is 1.11 bits per heavy atom. The van der Waals surface area contributed by atoms with E-state index in [1.807, 2.05) is 0 Å². The minimum Gasteiger partial charge on any atom is -0.219 e. The van der Waals surface area contributed by atoms with Crippen molar-refractivity contribution in [1.29, 1.82) is 0 Å². The van der Waals surface area contributed by atoms with Gasteiger partial charge in [0.15, 0.2) is 0 Å². The summed E-state index contributed by atoms with van der Waals surface area (Å²) in [6, 6.07) is 0. The summed E-state index contributed by atoms with van der Waals surface area (Å²) in [5, 5.41) is 21.3. The second kappa shape index (κ2) is 5.89. The van der Waals surface area contributed by atoms with Crippen molar-refractivity contribution in [3.63, 3.8) is 0 Å². The summed E-state index contributed by atoms with van der Waals surface area (Å²) in [5.74, 6) is 0. The van der Waals surface area contributed by atoms with E-state index >= 15 is 0 Å². The SMILES string of the molecule is CC(C)OOOOOO. The maximum absolute atomic E-state index is 7.45. The van der Waals surface area contributed by atoms with Crippen LogP contribution in [0.5, 0.6) is 0 Å². The lowest BCUT2D eigenvalue weighted by Gasteiger charge is -2.00. The highest BCUT2D eigenvalue weighted by Gasteiger charge is 1.94. The second-order valence-electron chi connectivity index (χ2n) is 1.42. The molecule has 6 heteroatoms. The molecular formula is C3H8O6. The van der Waals surface area contributed by atoms with Gasteiger partial charge in [0.25, 0.3) is 0 Å². The molecule has 0 amide bonds. The van der Waals surface area contributed by atoms with Crippen LogP contribution in [0, 0.1) is 0 Å². The predicted molar refractivity (Wildman–Crippen MR) is 23.2 cm³/mol. The summed E-state index contributed by atoms with van der Waals surface area (Å²) < 4.78 is 0. The number of rotatable bonds is 5. The highest BCUT2D eigenvalue weighted by Crippen LogP contribution is 1.89. The van der Waals surface area contributed by atoms with E-state index in [2.05, 4.69) is 25.0 Å². The van der Waals surface area contributed by atoms with Crippen LogP contribution < -0.4 is 0 Å². The van der Waals surface area contributed by atoms with Crippen LogP contribution in [0.3, 0.4) is 0 Å². The van der Waals surface area contributed by atoms with Gasteiger partial charge in [0.1, 0.15) is 0 Å². The van der Waals surface area contributed by atoms with Crippen molar-refractivity contribution >= 4 is 0 Å². The summed E-state index contributed by atoms with van der Waals surface area (Å²) in [6.45, 7) is 3.42. The zero-order valence-electron chi connectivity index (χ0n) is 5.07. The Labute approximate surface area is 51.5 Å². The molecule has 6 nitrogen and oxygen atoms in total. The minimum absolute atomic E-state index is 0.160. The van der Waals surface area contributed by atoms with E-state index in [9.17, 15) is 0 Å². The third kappa shape index (κ3) is 7.76. The molecule has 0 bridgehead atoms. The molecule has 0 aliphatic rings. The fourth-order valence-electron chi connectivity index (χ4n) is 0.118. The van der Waals surface area contributed by atoms with Crippen molar-refractivity contribution in [1.82, 2.24) is 0 Å². The van der Waals surface area contributed by atoms with Crippen LogP contribution in [0.15, 0.2) is 0 Å². The molecule has 0 aromatic carbocycles. The van der Waals surface area contributed by atoms with Gasteiger partial charge >= 0.3 is 0 Å². The van der Waals surface area contributed by atoms with Crippen LogP contribution in [-0.2, 0) is 25.0 Å². The molecule has 0 aromatic heterocycles. The lowest BCUT2D eigenvalue weighted by molar-refractivity contribution is -0.755. The summed E-state index contributed by atoms with van der Waals surface area (Å²) in [5.41, 5.74) is 0. The van der Waals surface area contributed by atoms with Gasteiger partial charge in [-0.3, -0.25) is 0 Å². The first-order valence-corrected chi connectivity index (χ1v) is 2.24. The topological polar surface area (TPSA) is 66.4 Å². The first-order valence-electron chi connectivity index (χ1n) is 2.24. The summed E-state index contributed by atoms with van der Waals surface area (Å²) in [7, 11) is 0. The second-order valence-corrected chi connectivity index (χ2v) is 1.42. The third-order valence-corrected chi connectivity index (χ3v) is 0.318. The van der Waals surface area contributed by atoms with Gasteiger partial charge in [0.2, 0.25) is 0 Å². The lowest BCUT2D eigenvalue weighted by Crippen LogP contribution is -2.04. The Bertz CT molecular complexity index is 54.3. The van der Waals surface area contributed by atoms with Crippen molar-refractivity contribution in [2.24, 2.45) is 0 Å². The molecule has 1 N–H and O–H groups in total. The molecule has 0 atom stereocenters. The Balaban J connectivity index is 2.75. The number of hydrogen-bond donors (Lipinski definition) is 1. The number of hydrogen-bond acceptors (Lipinski definition) is 6. The molecule has 0 saturated heterocycles. The average molecular weight is 140 g/mol. The van der Waals surface area contributed by atoms with Gasteiger partial charge in [-0.15, -0.1) is 0 Å². The summed E-state index contributed by atoms with van der Waals surface area (Å²) in [6.07, 6.45) is -0.160. The van der Waals surface area contributed by atoms with Crippen LogP contribution in [0.25, 0.3) is 0 Å². The van der Waals surface area contributed by atoms with Crippen LogP contribution >= 0.6 is 0 Å². The van der Waals surface area contributed by atoms with Gasteiger partial charge < -0.3 is 0 Å². The minimum atomic E-state index is -0.160. The lowest BCUT2D eigenvalue weighted by atomic mass is 10.5. The van der Waals surface area contributed by atoms with Gasteiger partial charge in [0, 0.05) is 0 Å². The average Bonchev–Trinajstić information content (AvgIpc) is 1.80. The van der Waals surface area contributed by atoms with Gasteiger partial charge in [-0.25, -0.2) is 10.1 Å². The van der Waals surface area contributed by atoms with Gasteiger partial charge in [-0.2, -0.15) is 0 Å². The summed E-state index contributed by atoms with van der Waals surface area (Å²) >= 11 is 0. The maximum atomic E-state index is 7.45. The van der Waals surface area contributed by atoms with Crippen LogP contribution in [0.4, 0.5) is 0 Å². The van der Waals surface area contributed by atoms with Gasteiger partial charge in [-0.05, 0) is 34.0 Å². The standard InChI is InChI=1S/C3H8O6/c1-3(2)5-7-9-8-6-4/h3-4H,1-2H3. The normalized spacial score (nSPS) is 10.7. The van der Waals surface area contributed by atoms with Crippen molar-refractivity contribution in [2.45, 2.75) is 20.0 Å². The van der Waals surface area contributed by atoms with Crippen LogP contribution in [0.2, 0.25) is 0 Å². The van der Waals surface area contributed by atoms with E-state index < -0.39 is 0 Å². The smallest absolute Gasteiger partial charge is 0.0906 e. The van der Waals surface area contributed by atoms with Crippen molar-refractivity contribution in [3.8, 4) is 0 Å². The molecule has 9 heavy (non-hydrogen) atoms. The molecule has 0 aliphatic heterocycles. The van der Waals surface area contributed by atoms with E-state index in [1.165, 1.54) is 0 Å². The maximum Gasteiger partial charge on any atom is 0.0906 e. The molecule has 0 fully saturated rings. The molecule has 0 spiro atoms. The molecule has 0 aliphatic carbocycles. The molecule has 56 valence electrons. The molecule has 0 radical (unpaired) electrons. The Hall–Kier alpha value is -0.240. The molecule has 0 saturated carbocycles. The third-order valence-electron chi connectivity index (χ3n) is 0.318. The Morgan fingerprint density at radius 2 is 1.78 bits per heavy atom. The van der Waals surface area contributed by atoms with E-state index in [1.54, 1.807) is 13.8 Å². The first-order chi connectivity index (χ1) is 4.27. The largest absolute Gasteiger partial charge is 0.219 e. The van der Waals surface area contributed by atoms with E-state index in [4.69, 9.17) is 5.26 Å². The fourth-order valence-corrected chi connectivity index (χ4v) is 0.118. The van der Waals surface area contributed by atoms with Gasteiger partial charge in [0.05, 0.1) is 6.10 Å². The van der Waals surface area contributed by atoms with E-state index in [-0.39, 0.29) is 6.10 Å². The van der Waals surface area contributed by atoms with Gasteiger partial charge in [-0.1, -0.05) is 0 Å². The first kappa shape index (κ1) is 8.76. The molecule has 0 aromatic rings. The van der Waals surface area contributed by atoms with E-state index in [0.717, 1.165) is 0 Å². The van der Waals surface area contributed by atoms with Crippen LogP contribution in [-0.4, -0.2) is 11.4 Å². The molecular weight excluding hydrogens is 132 g/mol. The highest BCUT2D eigenvalue weighted by atomic mass is 17.8. The Kier molecular flexibility index (Phi) is 5.73. The van der Waals surface area contributed by atoms with Crippen molar-refractivity contribution in [3.05, 3.63) is 0 Å². The monoisotopic (exact) mass is 140 g/mol. The zero-order chi connectivity index (χ0) is 7.11. The molecule has 0 rings (SSSR count). The van der Waals surface area contributed by atoms with Crippen molar-refractivity contribution < 1.29 is 30.3 Å². The molecule has 0 heterocycles. The highest BCUT2D eigenvalue weighted by molar-refractivity contribution is 4.24. The fraction of sp³-hybridized carbons (Fsp3) is 1.00. The Morgan fingerprint density at radius 3 is 2.22 bits per heavy atom. The molecule has 0 unspecified atom stereocenters. The zero-order valence-corrected chi connectivity index (χ0v) is 5.07. The van der Waals surface area contributed by atoms with Crippen LogP contribution in [0.1, 0.15) is 13.8 Å². The quantitative estimate of drug-likeness (QED) is 0.343. The van der Waals surface area contributed by atoms with E-state index in [0.29, 0.717) is 0 Å². The summed E-state index contributed by atoms with van der Waals surface area (Å²) in [4.78, 5) is 4.31. The predicted octanol–water partition coefficient (Wildman–Crippen LogP) is 0.611.